The maximum Gasteiger partial charge on any atom is 0.252 e. The highest BCUT2D eigenvalue weighted by molar-refractivity contribution is 7.22. The summed E-state index contributed by atoms with van der Waals surface area (Å²) in [7, 11) is 3.17. The predicted octanol–water partition coefficient (Wildman–Crippen LogP) is 5.72. The number of carbonyl (C=O) groups excluding carboxylic acids is 1. The van der Waals surface area contributed by atoms with Gasteiger partial charge in [-0.3, -0.25) is 9.69 Å². The number of carbonyl (C=O) groups is 1. The van der Waals surface area contributed by atoms with Crippen LogP contribution in [-0.2, 0) is 11.3 Å². The van der Waals surface area contributed by atoms with Crippen molar-refractivity contribution >= 4 is 62.7 Å². The van der Waals surface area contributed by atoms with Crippen molar-refractivity contribution in [3.8, 4) is 11.5 Å². The van der Waals surface area contributed by atoms with Crippen molar-refractivity contribution in [2.45, 2.75) is 13.0 Å². The van der Waals surface area contributed by atoms with Gasteiger partial charge in [0.05, 0.1) is 30.3 Å². The summed E-state index contributed by atoms with van der Waals surface area (Å²) in [6, 6.07) is 11.1. The van der Waals surface area contributed by atoms with Gasteiger partial charge >= 0.3 is 0 Å². The van der Waals surface area contributed by atoms with Crippen LogP contribution in [0.3, 0.4) is 0 Å². The molecule has 0 N–H and O–H groups in total. The summed E-state index contributed by atoms with van der Waals surface area (Å²) in [4.78, 5) is 23.7. The van der Waals surface area contributed by atoms with Crippen LogP contribution in [0.4, 0.5) is 5.13 Å². The number of imidazole rings is 1. The van der Waals surface area contributed by atoms with E-state index in [1.807, 2.05) is 35.0 Å². The zero-order valence-corrected chi connectivity index (χ0v) is 21.1. The number of fused-ring (bicyclic) bond motifs is 1. The summed E-state index contributed by atoms with van der Waals surface area (Å²) in [5.41, 5.74) is 1.53. The minimum atomic E-state index is -0.161. The molecule has 178 valence electrons. The summed E-state index contributed by atoms with van der Waals surface area (Å²) in [5.74, 6) is 1.07. The lowest BCUT2D eigenvalue weighted by atomic mass is 10.2. The Kier molecular flexibility index (Phi) is 8.92. The van der Waals surface area contributed by atoms with E-state index in [4.69, 9.17) is 21.1 Å². The lowest BCUT2D eigenvalue weighted by Gasteiger charge is -2.18. The normalized spacial score (nSPS) is 10.9. The van der Waals surface area contributed by atoms with Gasteiger partial charge in [0.15, 0.2) is 16.6 Å². The van der Waals surface area contributed by atoms with E-state index in [0.29, 0.717) is 33.7 Å². The number of nitrogens with zero attached hydrogens (tertiary/aromatic N) is 4. The van der Waals surface area contributed by atoms with Gasteiger partial charge in [0.1, 0.15) is 5.52 Å². The van der Waals surface area contributed by atoms with E-state index in [2.05, 4.69) is 9.97 Å². The molecule has 7 nitrogen and oxygen atoms in total. The number of rotatable bonds is 9. The minimum absolute atomic E-state index is 0. The number of para-hydroxylation sites is 1. The van der Waals surface area contributed by atoms with E-state index in [0.717, 1.165) is 23.2 Å². The second kappa shape index (κ2) is 11.9. The molecule has 2 aromatic heterocycles. The Balaban J connectivity index is 0.00000324. The average molecular weight is 519 g/mol. The molecule has 4 rings (SSSR count). The van der Waals surface area contributed by atoms with Crippen molar-refractivity contribution in [3.63, 3.8) is 0 Å². The summed E-state index contributed by atoms with van der Waals surface area (Å²) >= 11 is 7.76. The van der Waals surface area contributed by atoms with Gasteiger partial charge in [-0.25, -0.2) is 9.97 Å². The monoisotopic (exact) mass is 518 g/mol. The quantitative estimate of drug-likeness (QED) is 0.265. The molecule has 0 aliphatic rings. The third kappa shape index (κ3) is 5.88. The standard InChI is InChI=1S/C24H23ClN4O3S.ClH/c1-31-19-9-7-17(15-20(19)32-2)8-10-22(30)29(13-4-12-28-14-11-26-16-28)24-27-23-18(25)5-3-6-21(23)33-24;/h3,5-11,14-16H,4,12-13H2,1-2H3;1H/b10-8+;. The molecule has 0 atom stereocenters. The van der Waals surface area contributed by atoms with Crippen LogP contribution in [0, 0.1) is 0 Å². The zero-order valence-electron chi connectivity index (χ0n) is 18.7. The van der Waals surface area contributed by atoms with Crippen molar-refractivity contribution < 1.29 is 14.3 Å². The van der Waals surface area contributed by atoms with Crippen LogP contribution in [0.2, 0.25) is 5.02 Å². The molecule has 0 fully saturated rings. The molecule has 2 heterocycles. The number of benzene rings is 2. The first kappa shape index (κ1) is 25.6. The SMILES string of the molecule is COc1ccc(/C=C/C(=O)N(CCCn2ccnc2)c2nc3c(Cl)cccc3s2)cc1OC.Cl. The number of hydrogen-bond acceptors (Lipinski definition) is 6. The maximum atomic E-state index is 13.2. The van der Waals surface area contributed by atoms with Crippen LogP contribution in [0.25, 0.3) is 16.3 Å². The van der Waals surface area contributed by atoms with E-state index in [1.54, 1.807) is 55.9 Å². The molecule has 0 radical (unpaired) electrons. The molecule has 0 aliphatic carbocycles. The summed E-state index contributed by atoms with van der Waals surface area (Å²) in [6.45, 7) is 1.25. The highest BCUT2D eigenvalue weighted by Crippen LogP contribution is 2.33. The number of anilines is 1. The first-order valence-corrected chi connectivity index (χ1v) is 11.5. The molecule has 0 bridgehead atoms. The number of methoxy groups -OCH3 is 2. The van der Waals surface area contributed by atoms with Gasteiger partial charge < -0.3 is 14.0 Å². The van der Waals surface area contributed by atoms with E-state index in [1.165, 1.54) is 11.3 Å². The van der Waals surface area contributed by atoms with Crippen molar-refractivity contribution in [1.82, 2.24) is 14.5 Å². The number of hydrogen-bond donors (Lipinski definition) is 0. The summed E-state index contributed by atoms with van der Waals surface area (Å²) in [5, 5.41) is 1.19. The van der Waals surface area contributed by atoms with Gasteiger partial charge in [-0.1, -0.05) is 35.1 Å². The first-order valence-electron chi connectivity index (χ1n) is 10.3. The van der Waals surface area contributed by atoms with Crippen LogP contribution in [0.15, 0.2) is 61.2 Å². The molecule has 4 aromatic rings. The third-order valence-electron chi connectivity index (χ3n) is 5.04. The summed E-state index contributed by atoms with van der Waals surface area (Å²) < 4.78 is 13.6. The molecule has 2 aromatic carbocycles. The van der Waals surface area contributed by atoms with E-state index in [9.17, 15) is 4.79 Å². The smallest absolute Gasteiger partial charge is 0.252 e. The van der Waals surface area contributed by atoms with Gasteiger partial charge in [-0.05, 0) is 42.3 Å². The molecule has 0 spiro atoms. The Morgan fingerprint density at radius 2 is 2.03 bits per heavy atom. The Morgan fingerprint density at radius 3 is 2.74 bits per heavy atom. The fraction of sp³-hybridized carbons (Fsp3) is 0.208. The Morgan fingerprint density at radius 1 is 1.21 bits per heavy atom. The number of aryl methyl sites for hydroxylation is 1. The largest absolute Gasteiger partial charge is 0.493 e. The molecular formula is C24H24Cl2N4O3S. The molecule has 0 saturated carbocycles. The van der Waals surface area contributed by atoms with E-state index in [-0.39, 0.29) is 18.3 Å². The molecule has 1 amide bonds. The zero-order chi connectivity index (χ0) is 23.2. The topological polar surface area (TPSA) is 69.5 Å². The van der Waals surface area contributed by atoms with Gasteiger partial charge in [0, 0.05) is 31.6 Å². The Bertz CT molecular complexity index is 1270. The second-order valence-corrected chi connectivity index (χ2v) is 8.59. The van der Waals surface area contributed by atoms with E-state index >= 15 is 0 Å². The molecule has 0 unspecified atom stereocenters. The van der Waals surface area contributed by atoms with Crippen LogP contribution in [0.5, 0.6) is 11.5 Å². The fourth-order valence-corrected chi connectivity index (χ4v) is 4.66. The molecule has 34 heavy (non-hydrogen) atoms. The molecule has 0 saturated heterocycles. The number of halogens is 2. The Hall–Kier alpha value is -3.07. The first-order chi connectivity index (χ1) is 16.1. The van der Waals surface area contributed by atoms with Crippen LogP contribution in [0.1, 0.15) is 12.0 Å². The van der Waals surface area contributed by atoms with Crippen LogP contribution >= 0.6 is 35.3 Å². The maximum absolute atomic E-state index is 13.2. The minimum Gasteiger partial charge on any atom is -0.493 e. The highest BCUT2D eigenvalue weighted by Gasteiger charge is 2.18. The van der Waals surface area contributed by atoms with Crippen molar-refractivity contribution in [3.05, 3.63) is 71.8 Å². The number of amides is 1. The van der Waals surface area contributed by atoms with Gasteiger partial charge in [0.2, 0.25) is 0 Å². The lowest BCUT2D eigenvalue weighted by Crippen LogP contribution is -2.30. The molecule has 10 heteroatoms. The van der Waals surface area contributed by atoms with Crippen molar-refractivity contribution in [2.24, 2.45) is 0 Å². The number of ether oxygens (including phenoxy) is 2. The second-order valence-electron chi connectivity index (χ2n) is 7.17. The number of aromatic nitrogens is 3. The van der Waals surface area contributed by atoms with E-state index < -0.39 is 0 Å². The van der Waals surface area contributed by atoms with Crippen LogP contribution < -0.4 is 14.4 Å². The third-order valence-corrected chi connectivity index (χ3v) is 6.39. The highest BCUT2D eigenvalue weighted by atomic mass is 35.5. The average Bonchev–Trinajstić information content (AvgIpc) is 3.50. The predicted molar refractivity (Wildman–Crippen MR) is 140 cm³/mol. The molecule has 0 aliphatic heterocycles. The molecular weight excluding hydrogens is 495 g/mol. The van der Waals surface area contributed by atoms with Gasteiger partial charge in [0.25, 0.3) is 5.91 Å². The van der Waals surface area contributed by atoms with Crippen molar-refractivity contribution in [2.75, 3.05) is 25.7 Å². The fourth-order valence-electron chi connectivity index (χ4n) is 3.36. The van der Waals surface area contributed by atoms with Gasteiger partial charge in [-0.2, -0.15) is 0 Å². The van der Waals surface area contributed by atoms with Crippen molar-refractivity contribution in [1.29, 1.82) is 0 Å². The van der Waals surface area contributed by atoms with Gasteiger partial charge in [-0.15, -0.1) is 12.4 Å². The lowest BCUT2D eigenvalue weighted by molar-refractivity contribution is -0.114. The number of thiazole rings is 1. The Labute approximate surface area is 213 Å². The van der Waals surface area contributed by atoms with Crippen LogP contribution in [-0.4, -0.2) is 41.2 Å². The summed E-state index contributed by atoms with van der Waals surface area (Å²) in [6.07, 6.45) is 9.46.